The second-order valence-electron chi connectivity index (χ2n) is 9.11. The highest BCUT2D eigenvalue weighted by Gasteiger charge is 2.24. The van der Waals surface area contributed by atoms with Crippen molar-refractivity contribution in [3.8, 4) is 17.3 Å². The maximum atomic E-state index is 12.9. The molecule has 4 aromatic rings. The van der Waals surface area contributed by atoms with E-state index in [1.54, 1.807) is 24.3 Å². The van der Waals surface area contributed by atoms with Gasteiger partial charge in [-0.2, -0.15) is 10.1 Å². The number of hydrogen-bond acceptors (Lipinski definition) is 7. The predicted octanol–water partition coefficient (Wildman–Crippen LogP) is 5.55. The first-order valence-electron chi connectivity index (χ1n) is 12.5. The van der Waals surface area contributed by atoms with E-state index in [0.717, 1.165) is 50.0 Å². The van der Waals surface area contributed by atoms with Gasteiger partial charge in [0.15, 0.2) is 11.5 Å². The number of aryl methyl sites for hydroxylation is 1. The van der Waals surface area contributed by atoms with E-state index in [0.29, 0.717) is 28.6 Å². The molecule has 5 rings (SSSR count). The van der Waals surface area contributed by atoms with Crippen molar-refractivity contribution < 1.29 is 13.2 Å². The van der Waals surface area contributed by atoms with Crippen LogP contribution in [0.15, 0.2) is 47.4 Å². The third-order valence-corrected chi connectivity index (χ3v) is 8.73. The summed E-state index contributed by atoms with van der Waals surface area (Å²) in [6.45, 7) is 7.22. The molecule has 38 heavy (non-hydrogen) atoms. The monoisotopic (exact) mass is 574 g/mol. The molecular weight excluding hydrogens is 547 g/mol. The Morgan fingerprint density at radius 1 is 1.08 bits per heavy atom. The number of H-pyrrole nitrogens is 1. The van der Waals surface area contributed by atoms with E-state index in [1.165, 1.54) is 18.2 Å². The summed E-state index contributed by atoms with van der Waals surface area (Å²) in [4.78, 5) is 11.8. The zero-order chi connectivity index (χ0) is 26.9. The van der Waals surface area contributed by atoms with Gasteiger partial charge in [-0.25, -0.2) is 13.4 Å². The maximum absolute atomic E-state index is 12.9. The number of nitrogens with zero attached hydrogens (tertiary/aromatic N) is 4. The number of hydrogen-bond donors (Lipinski definition) is 2. The molecule has 0 aliphatic carbocycles. The molecular formula is C26H28Cl2N6O3S. The van der Waals surface area contributed by atoms with Gasteiger partial charge in [-0.05, 0) is 68.3 Å². The number of anilines is 1. The van der Waals surface area contributed by atoms with Gasteiger partial charge in [0.1, 0.15) is 16.4 Å². The molecule has 2 aromatic carbocycles. The Bertz CT molecular complexity index is 1550. The predicted molar refractivity (Wildman–Crippen MR) is 150 cm³/mol. The van der Waals surface area contributed by atoms with Gasteiger partial charge in [0.25, 0.3) is 10.0 Å². The lowest BCUT2D eigenvalue weighted by Gasteiger charge is -2.31. The topological polar surface area (TPSA) is 113 Å². The van der Waals surface area contributed by atoms with E-state index in [9.17, 15) is 8.42 Å². The Balaban J connectivity index is 1.42. The van der Waals surface area contributed by atoms with Crippen molar-refractivity contribution in [3.05, 3.63) is 58.2 Å². The maximum Gasteiger partial charge on any atom is 0.263 e. The highest BCUT2D eigenvalue weighted by Crippen LogP contribution is 2.32. The van der Waals surface area contributed by atoms with E-state index < -0.39 is 10.0 Å². The molecule has 3 heterocycles. The molecule has 9 nitrogen and oxygen atoms in total. The average molecular weight is 576 g/mol. The Morgan fingerprint density at radius 3 is 2.50 bits per heavy atom. The normalized spacial score (nSPS) is 15.2. The Hall–Kier alpha value is -2.92. The summed E-state index contributed by atoms with van der Waals surface area (Å²) in [5.41, 5.74) is 2.53. The van der Waals surface area contributed by atoms with E-state index in [2.05, 4.69) is 31.7 Å². The molecule has 2 N–H and O–H groups in total. The van der Waals surface area contributed by atoms with Gasteiger partial charge in [0.2, 0.25) is 5.88 Å². The van der Waals surface area contributed by atoms with Crippen LogP contribution in [0.5, 0.6) is 5.88 Å². The minimum atomic E-state index is -3.94. The fourth-order valence-electron chi connectivity index (χ4n) is 4.51. The summed E-state index contributed by atoms with van der Waals surface area (Å²) < 4.78 is 34.7. The molecule has 0 spiro atoms. The van der Waals surface area contributed by atoms with E-state index in [1.807, 2.05) is 6.92 Å². The Kier molecular flexibility index (Phi) is 7.76. The number of rotatable bonds is 8. The number of aromatic nitrogens is 4. The minimum Gasteiger partial charge on any atom is -0.474 e. The first kappa shape index (κ1) is 26.7. The number of ether oxygens (including phenoxy) is 1. The van der Waals surface area contributed by atoms with Crippen molar-refractivity contribution in [2.24, 2.45) is 0 Å². The summed E-state index contributed by atoms with van der Waals surface area (Å²) in [5.74, 6) is 0.975. The Labute approximate surface area is 231 Å². The van der Waals surface area contributed by atoms with Crippen LogP contribution in [0.25, 0.3) is 22.4 Å². The number of benzene rings is 2. The summed E-state index contributed by atoms with van der Waals surface area (Å²) in [6, 6.07) is 11.1. The van der Waals surface area contributed by atoms with Crippen molar-refractivity contribution >= 4 is 49.9 Å². The van der Waals surface area contributed by atoms with Crippen molar-refractivity contribution in [2.45, 2.75) is 44.1 Å². The molecule has 0 saturated carbocycles. The molecule has 1 saturated heterocycles. The van der Waals surface area contributed by atoms with Crippen LogP contribution < -0.4 is 9.46 Å². The third-order valence-electron chi connectivity index (χ3n) is 6.63. The van der Waals surface area contributed by atoms with Gasteiger partial charge in [0, 0.05) is 29.4 Å². The lowest BCUT2D eigenvalue weighted by atomic mass is 10.1. The number of halogens is 2. The molecule has 0 unspecified atom stereocenters. The van der Waals surface area contributed by atoms with Gasteiger partial charge >= 0.3 is 0 Å². The van der Waals surface area contributed by atoms with Crippen LogP contribution in [-0.4, -0.2) is 59.2 Å². The van der Waals surface area contributed by atoms with E-state index in [-0.39, 0.29) is 21.0 Å². The number of likely N-dealkylation sites (tertiary alicyclic amines) is 1. The lowest BCUT2D eigenvalue weighted by molar-refractivity contribution is 0.101. The van der Waals surface area contributed by atoms with Gasteiger partial charge < -0.3 is 9.64 Å². The number of aromatic amines is 1. The molecule has 12 heteroatoms. The molecule has 1 aliphatic rings. The summed E-state index contributed by atoms with van der Waals surface area (Å²) in [7, 11) is -3.94. The SMILES string of the molecule is CCc1n[nH]c2nc(-c3ccc(NS(=O)(=O)c4cc(Cl)ccc4Cl)cc3)nc(OC3CCN(CC)CC3)c12. The third kappa shape index (κ3) is 5.58. The number of sulfonamides is 1. The number of nitrogens with one attached hydrogen (secondary N) is 2. The smallest absolute Gasteiger partial charge is 0.263 e. The quantitative estimate of drug-likeness (QED) is 0.283. The molecule has 0 radical (unpaired) electrons. The van der Waals surface area contributed by atoms with Gasteiger partial charge in [-0.1, -0.05) is 37.0 Å². The standard InChI is InChI=1S/C26H28Cl2N6O3S/c1-3-21-23-25(32-31-21)29-24(30-26(23)37-19-11-13-34(4-2)14-12-19)16-5-8-18(9-6-16)33-38(35,36)22-15-17(27)7-10-20(22)28/h5-10,15,19,33H,3-4,11-14H2,1-2H3,(H,29,30,31,32). The molecule has 0 bridgehead atoms. The molecule has 1 fully saturated rings. The lowest BCUT2D eigenvalue weighted by Crippen LogP contribution is -2.38. The molecule has 2 aromatic heterocycles. The second kappa shape index (κ2) is 11.1. The molecule has 200 valence electrons. The highest BCUT2D eigenvalue weighted by atomic mass is 35.5. The molecule has 1 aliphatic heterocycles. The summed E-state index contributed by atoms with van der Waals surface area (Å²) >= 11 is 12.1. The zero-order valence-corrected chi connectivity index (χ0v) is 23.4. The van der Waals surface area contributed by atoms with E-state index >= 15 is 0 Å². The molecule has 0 amide bonds. The highest BCUT2D eigenvalue weighted by molar-refractivity contribution is 7.92. The fraction of sp³-hybridized carbons (Fsp3) is 0.346. The van der Waals surface area contributed by atoms with Crippen LogP contribution in [0.4, 0.5) is 5.69 Å². The van der Waals surface area contributed by atoms with Gasteiger partial charge in [-0.3, -0.25) is 9.82 Å². The van der Waals surface area contributed by atoms with Crippen LogP contribution in [-0.2, 0) is 16.4 Å². The number of piperidine rings is 1. The van der Waals surface area contributed by atoms with Crippen LogP contribution in [0, 0.1) is 0 Å². The van der Waals surface area contributed by atoms with E-state index in [4.69, 9.17) is 32.9 Å². The number of fused-ring (bicyclic) bond motifs is 1. The van der Waals surface area contributed by atoms with Crippen LogP contribution in [0.2, 0.25) is 10.0 Å². The van der Waals surface area contributed by atoms with Gasteiger partial charge in [0.05, 0.1) is 10.7 Å². The summed E-state index contributed by atoms with van der Waals surface area (Å²) in [5, 5.41) is 8.58. The van der Waals surface area contributed by atoms with Crippen molar-refractivity contribution in [2.75, 3.05) is 24.4 Å². The summed E-state index contributed by atoms with van der Waals surface area (Å²) in [6.07, 6.45) is 2.65. The van der Waals surface area contributed by atoms with Crippen LogP contribution in [0.1, 0.15) is 32.4 Å². The first-order valence-corrected chi connectivity index (χ1v) is 14.7. The van der Waals surface area contributed by atoms with Crippen LogP contribution >= 0.6 is 23.2 Å². The zero-order valence-electron chi connectivity index (χ0n) is 21.0. The van der Waals surface area contributed by atoms with Crippen molar-refractivity contribution in [3.63, 3.8) is 0 Å². The Morgan fingerprint density at radius 2 is 1.82 bits per heavy atom. The fourth-order valence-corrected chi connectivity index (χ4v) is 6.33. The molecule has 0 atom stereocenters. The largest absolute Gasteiger partial charge is 0.474 e. The van der Waals surface area contributed by atoms with Crippen molar-refractivity contribution in [1.82, 2.24) is 25.1 Å². The first-order chi connectivity index (χ1) is 18.3. The second-order valence-corrected chi connectivity index (χ2v) is 11.6. The van der Waals surface area contributed by atoms with Crippen molar-refractivity contribution in [1.29, 1.82) is 0 Å². The average Bonchev–Trinajstić information content (AvgIpc) is 3.34. The van der Waals surface area contributed by atoms with Gasteiger partial charge in [-0.15, -0.1) is 0 Å². The van der Waals surface area contributed by atoms with Crippen LogP contribution in [0.3, 0.4) is 0 Å². The minimum absolute atomic E-state index is 0.0680.